The fourth-order valence-corrected chi connectivity index (χ4v) is 1.18. The first-order valence-electron chi connectivity index (χ1n) is 5.28. The minimum atomic E-state index is -0.618. The number of nitrogens with one attached hydrogen (secondary N) is 1. The SMILES string of the molecule is C=C(NC(=O)c1ccc(C)cc1)C(=O)OCC. The molecule has 0 heterocycles. The van der Waals surface area contributed by atoms with E-state index in [9.17, 15) is 9.59 Å². The smallest absolute Gasteiger partial charge is 0.354 e. The van der Waals surface area contributed by atoms with Crippen LogP contribution in [0.2, 0.25) is 0 Å². The van der Waals surface area contributed by atoms with Crippen molar-refractivity contribution < 1.29 is 14.3 Å². The largest absolute Gasteiger partial charge is 0.461 e. The van der Waals surface area contributed by atoms with Gasteiger partial charge in [0, 0.05) is 5.56 Å². The van der Waals surface area contributed by atoms with Crippen LogP contribution in [0.15, 0.2) is 36.5 Å². The van der Waals surface area contributed by atoms with Crippen molar-refractivity contribution in [1.29, 1.82) is 0 Å². The number of hydrogen-bond donors (Lipinski definition) is 1. The van der Waals surface area contributed by atoms with E-state index < -0.39 is 5.97 Å². The molecule has 1 amide bonds. The molecule has 0 fully saturated rings. The highest BCUT2D eigenvalue weighted by Crippen LogP contribution is 2.03. The third-order valence-corrected chi connectivity index (χ3v) is 2.10. The van der Waals surface area contributed by atoms with E-state index in [1.54, 1.807) is 19.1 Å². The van der Waals surface area contributed by atoms with Crippen molar-refractivity contribution >= 4 is 11.9 Å². The predicted octanol–water partition coefficient (Wildman–Crippen LogP) is 1.80. The molecule has 1 N–H and O–H groups in total. The van der Waals surface area contributed by atoms with Crippen molar-refractivity contribution in [2.45, 2.75) is 13.8 Å². The lowest BCUT2D eigenvalue weighted by Gasteiger charge is -2.07. The van der Waals surface area contributed by atoms with Crippen molar-refractivity contribution in [2.75, 3.05) is 6.61 Å². The van der Waals surface area contributed by atoms with Gasteiger partial charge >= 0.3 is 5.97 Å². The molecule has 0 aliphatic heterocycles. The van der Waals surface area contributed by atoms with Crippen molar-refractivity contribution in [1.82, 2.24) is 5.32 Å². The van der Waals surface area contributed by atoms with Crippen LogP contribution in [0.1, 0.15) is 22.8 Å². The number of carbonyl (C=O) groups is 2. The normalized spacial score (nSPS) is 9.53. The molecule has 1 rings (SSSR count). The number of esters is 1. The molecule has 1 aromatic rings. The zero-order valence-corrected chi connectivity index (χ0v) is 9.95. The van der Waals surface area contributed by atoms with Gasteiger partial charge in [-0.2, -0.15) is 0 Å². The van der Waals surface area contributed by atoms with Gasteiger partial charge in [-0.3, -0.25) is 4.79 Å². The standard InChI is InChI=1S/C13H15NO3/c1-4-17-13(16)10(3)14-12(15)11-7-5-9(2)6-8-11/h5-8H,3-4H2,1-2H3,(H,14,15). The lowest BCUT2D eigenvalue weighted by molar-refractivity contribution is -0.138. The molecule has 0 saturated carbocycles. The van der Waals surface area contributed by atoms with Crippen molar-refractivity contribution in [3.63, 3.8) is 0 Å². The number of ether oxygens (including phenoxy) is 1. The van der Waals surface area contributed by atoms with E-state index in [0.717, 1.165) is 5.56 Å². The van der Waals surface area contributed by atoms with Gasteiger partial charge in [0.05, 0.1) is 6.61 Å². The molecular formula is C13H15NO3. The molecule has 4 nitrogen and oxygen atoms in total. The molecule has 90 valence electrons. The summed E-state index contributed by atoms with van der Waals surface area (Å²) in [5.41, 5.74) is 1.48. The Morgan fingerprint density at radius 1 is 1.29 bits per heavy atom. The minimum Gasteiger partial charge on any atom is -0.461 e. The van der Waals surface area contributed by atoms with Gasteiger partial charge in [0.2, 0.25) is 0 Å². The molecule has 0 aliphatic carbocycles. The summed E-state index contributed by atoms with van der Waals surface area (Å²) in [6.07, 6.45) is 0. The first-order chi connectivity index (χ1) is 8.04. The zero-order valence-electron chi connectivity index (χ0n) is 9.95. The summed E-state index contributed by atoms with van der Waals surface area (Å²) in [7, 11) is 0. The van der Waals surface area contributed by atoms with Crippen molar-refractivity contribution in [3.8, 4) is 0 Å². The number of aryl methyl sites for hydroxylation is 1. The molecule has 0 aromatic heterocycles. The van der Waals surface area contributed by atoms with Crippen LogP contribution >= 0.6 is 0 Å². The molecule has 0 unspecified atom stereocenters. The number of rotatable bonds is 4. The van der Waals surface area contributed by atoms with Crippen LogP contribution in [0.25, 0.3) is 0 Å². The molecule has 0 spiro atoms. The fraction of sp³-hybridized carbons (Fsp3) is 0.231. The predicted molar refractivity (Wildman–Crippen MR) is 64.4 cm³/mol. The number of amides is 1. The highest BCUT2D eigenvalue weighted by molar-refractivity contribution is 6.00. The molecule has 1 aromatic carbocycles. The van der Waals surface area contributed by atoms with Crippen molar-refractivity contribution in [3.05, 3.63) is 47.7 Å². The van der Waals surface area contributed by atoms with Gasteiger partial charge in [0.15, 0.2) is 0 Å². The van der Waals surface area contributed by atoms with Gasteiger partial charge in [-0.05, 0) is 26.0 Å². The average Bonchev–Trinajstić information content (AvgIpc) is 2.30. The quantitative estimate of drug-likeness (QED) is 0.637. The third kappa shape index (κ3) is 3.75. The highest BCUT2D eigenvalue weighted by atomic mass is 16.5. The van der Waals surface area contributed by atoms with E-state index in [-0.39, 0.29) is 18.2 Å². The molecule has 0 saturated heterocycles. The summed E-state index contributed by atoms with van der Waals surface area (Å²) < 4.78 is 4.71. The highest BCUT2D eigenvalue weighted by Gasteiger charge is 2.12. The van der Waals surface area contributed by atoms with E-state index >= 15 is 0 Å². The van der Waals surface area contributed by atoms with Crippen LogP contribution in [-0.2, 0) is 9.53 Å². The topological polar surface area (TPSA) is 55.4 Å². The van der Waals surface area contributed by atoms with E-state index in [1.165, 1.54) is 0 Å². The zero-order chi connectivity index (χ0) is 12.8. The first-order valence-corrected chi connectivity index (χ1v) is 5.28. The van der Waals surface area contributed by atoms with Gasteiger partial charge in [0.25, 0.3) is 5.91 Å². The van der Waals surface area contributed by atoms with E-state index in [4.69, 9.17) is 4.74 Å². The van der Waals surface area contributed by atoms with Gasteiger partial charge in [-0.25, -0.2) is 4.79 Å². The van der Waals surface area contributed by atoms with Crippen LogP contribution in [0.5, 0.6) is 0 Å². The lowest BCUT2D eigenvalue weighted by atomic mass is 10.1. The van der Waals surface area contributed by atoms with Crippen LogP contribution < -0.4 is 5.32 Å². The van der Waals surface area contributed by atoms with Crippen LogP contribution in [0, 0.1) is 6.92 Å². The number of carbonyl (C=O) groups excluding carboxylic acids is 2. The molecule has 17 heavy (non-hydrogen) atoms. The van der Waals surface area contributed by atoms with Gasteiger partial charge in [0.1, 0.15) is 5.70 Å². The minimum absolute atomic E-state index is 0.0579. The Bertz CT molecular complexity index is 434. The molecule has 0 radical (unpaired) electrons. The molecule has 4 heteroatoms. The summed E-state index contributed by atoms with van der Waals surface area (Å²) in [4.78, 5) is 22.9. The first kappa shape index (κ1) is 13.0. The summed E-state index contributed by atoms with van der Waals surface area (Å²) in [5.74, 6) is -0.990. The Morgan fingerprint density at radius 2 is 1.88 bits per heavy atom. The van der Waals surface area contributed by atoms with Crippen LogP contribution in [0.4, 0.5) is 0 Å². The summed E-state index contributed by atoms with van der Waals surface area (Å²) >= 11 is 0. The van der Waals surface area contributed by atoms with Gasteiger partial charge < -0.3 is 10.1 Å². The van der Waals surface area contributed by atoms with Crippen LogP contribution in [0.3, 0.4) is 0 Å². The second kappa shape index (κ2) is 5.84. The summed E-state index contributed by atoms with van der Waals surface area (Å²) in [6.45, 7) is 7.32. The Hall–Kier alpha value is -2.10. The van der Waals surface area contributed by atoms with Gasteiger partial charge in [-0.1, -0.05) is 24.3 Å². The molecule has 0 aliphatic rings. The van der Waals surface area contributed by atoms with E-state index in [0.29, 0.717) is 5.56 Å². The second-order valence-electron chi connectivity index (χ2n) is 3.52. The van der Waals surface area contributed by atoms with Crippen molar-refractivity contribution in [2.24, 2.45) is 0 Å². The molecule has 0 atom stereocenters. The van der Waals surface area contributed by atoms with E-state index in [1.807, 2.05) is 19.1 Å². The Balaban J connectivity index is 2.63. The average molecular weight is 233 g/mol. The second-order valence-corrected chi connectivity index (χ2v) is 3.52. The molecular weight excluding hydrogens is 218 g/mol. The summed E-state index contributed by atoms with van der Waals surface area (Å²) in [6, 6.07) is 7.01. The fourth-order valence-electron chi connectivity index (χ4n) is 1.18. The van der Waals surface area contributed by atoms with Gasteiger partial charge in [-0.15, -0.1) is 0 Å². The lowest BCUT2D eigenvalue weighted by Crippen LogP contribution is -2.27. The van der Waals surface area contributed by atoms with E-state index in [2.05, 4.69) is 11.9 Å². The maximum Gasteiger partial charge on any atom is 0.354 e. The Labute approximate surface area is 100 Å². The number of hydrogen-bond acceptors (Lipinski definition) is 3. The monoisotopic (exact) mass is 233 g/mol. The maximum absolute atomic E-state index is 11.7. The molecule has 0 bridgehead atoms. The maximum atomic E-state index is 11.7. The van der Waals surface area contributed by atoms with Crippen LogP contribution in [-0.4, -0.2) is 18.5 Å². The summed E-state index contributed by atoms with van der Waals surface area (Å²) in [5, 5.41) is 2.39. The Kier molecular flexibility index (Phi) is 4.46. The Morgan fingerprint density at radius 3 is 2.41 bits per heavy atom. The third-order valence-electron chi connectivity index (χ3n) is 2.10. The number of benzene rings is 1.